The summed E-state index contributed by atoms with van der Waals surface area (Å²) in [5, 5.41) is 3.26. The highest BCUT2D eigenvalue weighted by atomic mass is 32.1. The molecule has 2 aromatic heterocycles. The van der Waals surface area contributed by atoms with Crippen molar-refractivity contribution >= 4 is 28.5 Å². The number of fused-ring (bicyclic) bond motifs is 1. The van der Waals surface area contributed by atoms with E-state index >= 15 is 0 Å². The number of amides is 2. The molecule has 1 aliphatic heterocycles. The fourth-order valence-corrected chi connectivity index (χ4v) is 3.47. The third kappa shape index (κ3) is 4.19. The first kappa shape index (κ1) is 17.5. The highest BCUT2D eigenvalue weighted by Crippen LogP contribution is 2.29. The van der Waals surface area contributed by atoms with Gasteiger partial charge in [0, 0.05) is 17.8 Å². The van der Waals surface area contributed by atoms with Crippen LogP contribution in [-0.4, -0.2) is 34.0 Å². The molecule has 0 atom stereocenters. The molecule has 2 aromatic rings. The molecule has 2 amide bonds. The number of ether oxygens (including phenoxy) is 1. The van der Waals surface area contributed by atoms with Crippen LogP contribution in [0.5, 0.6) is 0 Å². The fourth-order valence-electron chi connectivity index (χ4n) is 2.45. The van der Waals surface area contributed by atoms with Crippen LogP contribution in [0.25, 0.3) is 0 Å². The van der Waals surface area contributed by atoms with Gasteiger partial charge in [-0.25, -0.2) is 9.78 Å². The molecule has 25 heavy (non-hydrogen) atoms. The number of nitrogens with zero attached hydrogens (tertiary/aromatic N) is 2. The molecule has 8 heteroatoms. The van der Waals surface area contributed by atoms with E-state index in [0.29, 0.717) is 30.4 Å². The van der Waals surface area contributed by atoms with Gasteiger partial charge in [0.2, 0.25) is 0 Å². The molecule has 7 nitrogen and oxygen atoms in total. The minimum Gasteiger partial charge on any atom is -0.456 e. The second-order valence-corrected chi connectivity index (χ2v) is 7.99. The van der Waals surface area contributed by atoms with Gasteiger partial charge in [-0.1, -0.05) is 11.3 Å². The lowest BCUT2D eigenvalue weighted by molar-refractivity contribution is 0.0225. The smallest absolute Gasteiger partial charge is 0.410 e. The zero-order valence-corrected chi connectivity index (χ0v) is 15.5. The number of hydrogen-bond donors (Lipinski definition) is 1. The van der Waals surface area contributed by atoms with E-state index in [0.717, 1.165) is 10.6 Å². The van der Waals surface area contributed by atoms with E-state index in [2.05, 4.69) is 10.3 Å². The Kier molecular flexibility index (Phi) is 4.55. The van der Waals surface area contributed by atoms with Gasteiger partial charge < -0.3 is 14.1 Å². The van der Waals surface area contributed by atoms with Gasteiger partial charge in [-0.05, 0) is 39.8 Å². The van der Waals surface area contributed by atoms with E-state index in [1.165, 1.54) is 11.3 Å². The SMILES string of the molecule is Cc1ccc(C(=O)Nc2nc3c(s2)CN(C(=O)OC(C)(C)C)CC3)o1. The maximum Gasteiger partial charge on any atom is 0.410 e. The quantitative estimate of drug-likeness (QED) is 0.881. The Hall–Kier alpha value is -2.35. The Morgan fingerprint density at radius 3 is 2.76 bits per heavy atom. The van der Waals surface area contributed by atoms with Gasteiger partial charge in [-0.3, -0.25) is 10.1 Å². The summed E-state index contributed by atoms with van der Waals surface area (Å²) in [6, 6.07) is 3.36. The summed E-state index contributed by atoms with van der Waals surface area (Å²) in [6.07, 6.45) is 0.309. The lowest BCUT2D eigenvalue weighted by Gasteiger charge is -2.29. The van der Waals surface area contributed by atoms with Gasteiger partial charge in [0.1, 0.15) is 11.4 Å². The Labute approximate surface area is 150 Å². The number of nitrogens with one attached hydrogen (secondary N) is 1. The average molecular weight is 363 g/mol. The molecule has 3 heterocycles. The first-order valence-electron chi connectivity index (χ1n) is 8.05. The highest BCUT2D eigenvalue weighted by molar-refractivity contribution is 7.15. The lowest BCUT2D eigenvalue weighted by Crippen LogP contribution is -2.39. The number of carbonyl (C=O) groups is 2. The van der Waals surface area contributed by atoms with Crippen molar-refractivity contribution in [1.29, 1.82) is 0 Å². The standard InChI is InChI=1S/C17H21N3O4S/c1-10-5-6-12(23-10)14(21)19-15-18-11-7-8-20(9-13(11)25-15)16(22)24-17(2,3)4/h5-6H,7-9H2,1-4H3,(H,18,19,21). The third-order valence-electron chi connectivity index (χ3n) is 3.57. The molecule has 1 aliphatic rings. The molecule has 0 fully saturated rings. The molecule has 0 aliphatic carbocycles. The van der Waals surface area contributed by atoms with Gasteiger partial charge in [0.25, 0.3) is 5.91 Å². The number of hydrogen-bond acceptors (Lipinski definition) is 6. The van der Waals surface area contributed by atoms with E-state index in [9.17, 15) is 9.59 Å². The van der Waals surface area contributed by atoms with Gasteiger partial charge >= 0.3 is 6.09 Å². The summed E-state index contributed by atoms with van der Waals surface area (Å²) in [4.78, 5) is 31.4. The minimum absolute atomic E-state index is 0.251. The Morgan fingerprint density at radius 2 is 2.12 bits per heavy atom. The first-order valence-corrected chi connectivity index (χ1v) is 8.87. The molecule has 1 N–H and O–H groups in total. The van der Waals surface area contributed by atoms with Crippen molar-refractivity contribution in [2.45, 2.75) is 46.3 Å². The van der Waals surface area contributed by atoms with Crippen LogP contribution in [0, 0.1) is 6.92 Å². The molecule has 0 saturated heterocycles. The fraction of sp³-hybridized carbons (Fsp3) is 0.471. The molecule has 0 unspecified atom stereocenters. The van der Waals surface area contributed by atoms with Gasteiger partial charge in [-0.2, -0.15) is 0 Å². The maximum absolute atomic E-state index is 12.2. The largest absolute Gasteiger partial charge is 0.456 e. The average Bonchev–Trinajstić information content (AvgIpc) is 3.10. The molecule has 0 spiro atoms. The number of carbonyl (C=O) groups excluding carboxylic acids is 2. The van der Waals surface area contributed by atoms with Crippen LogP contribution in [0.2, 0.25) is 0 Å². The summed E-state index contributed by atoms with van der Waals surface area (Å²) in [5.41, 5.74) is 0.390. The normalized spacial score (nSPS) is 14.2. The Morgan fingerprint density at radius 1 is 1.36 bits per heavy atom. The zero-order chi connectivity index (χ0) is 18.2. The van der Waals surface area contributed by atoms with Crippen LogP contribution in [0.15, 0.2) is 16.5 Å². The van der Waals surface area contributed by atoms with Crippen LogP contribution in [0.4, 0.5) is 9.93 Å². The van der Waals surface area contributed by atoms with Crippen molar-refractivity contribution in [1.82, 2.24) is 9.88 Å². The molecule has 0 bridgehead atoms. The van der Waals surface area contributed by atoms with Crippen molar-refractivity contribution < 1.29 is 18.7 Å². The summed E-state index contributed by atoms with van der Waals surface area (Å²) in [6.45, 7) is 8.31. The summed E-state index contributed by atoms with van der Waals surface area (Å²) < 4.78 is 10.7. The van der Waals surface area contributed by atoms with Gasteiger partial charge in [-0.15, -0.1) is 0 Å². The first-order chi connectivity index (χ1) is 11.7. The topological polar surface area (TPSA) is 84.7 Å². The third-order valence-corrected chi connectivity index (χ3v) is 4.57. The van der Waals surface area contributed by atoms with Gasteiger partial charge in [0.15, 0.2) is 10.9 Å². The Balaban J connectivity index is 1.66. The van der Waals surface area contributed by atoms with Crippen LogP contribution in [0.3, 0.4) is 0 Å². The molecular formula is C17H21N3O4S. The summed E-state index contributed by atoms with van der Waals surface area (Å²) in [5.74, 6) is 0.598. The molecule has 0 saturated carbocycles. The van der Waals surface area contributed by atoms with Crippen molar-refractivity contribution in [2.24, 2.45) is 0 Å². The second kappa shape index (κ2) is 6.51. The maximum atomic E-state index is 12.2. The molecule has 3 rings (SSSR count). The van der Waals surface area contributed by atoms with E-state index in [-0.39, 0.29) is 17.8 Å². The van der Waals surface area contributed by atoms with Crippen LogP contribution in [-0.2, 0) is 17.7 Å². The predicted octanol–water partition coefficient (Wildman–Crippen LogP) is 3.59. The number of thiazole rings is 1. The number of aryl methyl sites for hydroxylation is 1. The van der Waals surface area contributed by atoms with Crippen LogP contribution < -0.4 is 5.32 Å². The number of anilines is 1. The summed E-state index contributed by atoms with van der Waals surface area (Å²) in [7, 11) is 0. The number of furan rings is 1. The molecular weight excluding hydrogens is 342 g/mol. The highest BCUT2D eigenvalue weighted by Gasteiger charge is 2.28. The molecule has 0 aromatic carbocycles. The van der Waals surface area contributed by atoms with Crippen molar-refractivity contribution in [3.63, 3.8) is 0 Å². The second-order valence-electron chi connectivity index (χ2n) is 6.91. The van der Waals surface area contributed by atoms with E-state index in [4.69, 9.17) is 9.15 Å². The lowest BCUT2D eigenvalue weighted by atomic mass is 10.2. The monoisotopic (exact) mass is 363 g/mol. The van der Waals surface area contributed by atoms with E-state index in [1.54, 1.807) is 24.0 Å². The van der Waals surface area contributed by atoms with Crippen LogP contribution in [0.1, 0.15) is 47.7 Å². The molecule has 134 valence electrons. The van der Waals surface area contributed by atoms with E-state index < -0.39 is 5.60 Å². The van der Waals surface area contributed by atoms with E-state index in [1.807, 2.05) is 20.8 Å². The number of aromatic nitrogens is 1. The van der Waals surface area contributed by atoms with Crippen molar-refractivity contribution in [3.8, 4) is 0 Å². The van der Waals surface area contributed by atoms with Crippen LogP contribution >= 0.6 is 11.3 Å². The molecule has 0 radical (unpaired) electrons. The minimum atomic E-state index is -0.522. The predicted molar refractivity (Wildman–Crippen MR) is 93.9 cm³/mol. The van der Waals surface area contributed by atoms with Crippen molar-refractivity contribution in [2.75, 3.05) is 11.9 Å². The summed E-state index contributed by atoms with van der Waals surface area (Å²) >= 11 is 1.37. The number of rotatable bonds is 2. The van der Waals surface area contributed by atoms with Crippen molar-refractivity contribution in [3.05, 3.63) is 34.2 Å². The Bertz CT molecular complexity index is 803. The zero-order valence-electron chi connectivity index (χ0n) is 14.7. The van der Waals surface area contributed by atoms with Gasteiger partial charge in [0.05, 0.1) is 12.2 Å².